The Morgan fingerprint density at radius 2 is 1.70 bits per heavy atom. The highest BCUT2D eigenvalue weighted by atomic mass is 32.2. The largest absolute Gasteiger partial charge is 0.452 e. The average Bonchev–Trinajstić information content (AvgIpc) is 2.78. The Morgan fingerprint density at radius 3 is 2.37 bits per heavy atom. The summed E-state index contributed by atoms with van der Waals surface area (Å²) in [4.78, 5) is 24.8. The van der Waals surface area contributed by atoms with E-state index in [1.807, 2.05) is 0 Å². The predicted molar refractivity (Wildman–Crippen MR) is 109 cm³/mol. The van der Waals surface area contributed by atoms with Crippen LogP contribution in [-0.4, -0.2) is 49.8 Å². The number of benzene rings is 1. The topological polar surface area (TPSA) is 117 Å². The Balaban J connectivity index is 1.67. The van der Waals surface area contributed by atoms with Crippen molar-refractivity contribution < 1.29 is 22.7 Å². The number of nitriles is 1. The van der Waals surface area contributed by atoms with Crippen molar-refractivity contribution >= 4 is 21.9 Å². The fourth-order valence-corrected chi connectivity index (χ4v) is 5.73. The molecule has 2 aliphatic rings. The van der Waals surface area contributed by atoms with Crippen molar-refractivity contribution in [3.63, 3.8) is 0 Å². The summed E-state index contributed by atoms with van der Waals surface area (Å²) in [5.74, 6) is -1.45. The first-order valence-corrected chi connectivity index (χ1v) is 11.8. The zero-order valence-corrected chi connectivity index (χ0v) is 17.7. The molecule has 1 aromatic carbocycles. The van der Waals surface area contributed by atoms with Crippen LogP contribution in [0.15, 0.2) is 29.2 Å². The molecule has 8 nitrogen and oxygen atoms in total. The Labute approximate surface area is 177 Å². The number of esters is 1. The van der Waals surface area contributed by atoms with Gasteiger partial charge in [0, 0.05) is 13.1 Å². The average molecular weight is 434 g/mol. The zero-order valence-electron chi connectivity index (χ0n) is 16.9. The van der Waals surface area contributed by atoms with E-state index < -0.39 is 34.0 Å². The Morgan fingerprint density at radius 1 is 1.07 bits per heavy atom. The number of sulfonamides is 1. The lowest BCUT2D eigenvalue weighted by atomic mass is 9.83. The van der Waals surface area contributed by atoms with Crippen molar-refractivity contribution in [2.24, 2.45) is 0 Å². The molecule has 0 radical (unpaired) electrons. The van der Waals surface area contributed by atoms with E-state index >= 15 is 0 Å². The highest BCUT2D eigenvalue weighted by molar-refractivity contribution is 7.89. The lowest BCUT2D eigenvalue weighted by Gasteiger charge is -2.31. The number of piperidine rings is 1. The molecule has 1 heterocycles. The minimum atomic E-state index is -3.82. The van der Waals surface area contributed by atoms with Crippen molar-refractivity contribution in [3.05, 3.63) is 29.8 Å². The van der Waals surface area contributed by atoms with E-state index in [1.165, 1.54) is 16.4 Å². The summed E-state index contributed by atoms with van der Waals surface area (Å²) in [6, 6.07) is 8.05. The van der Waals surface area contributed by atoms with Crippen LogP contribution < -0.4 is 5.32 Å². The van der Waals surface area contributed by atoms with Gasteiger partial charge in [0.25, 0.3) is 5.91 Å². The van der Waals surface area contributed by atoms with E-state index in [-0.39, 0.29) is 10.5 Å². The van der Waals surface area contributed by atoms with E-state index in [1.54, 1.807) is 12.1 Å². The summed E-state index contributed by atoms with van der Waals surface area (Å²) in [6.07, 6.45) is 6.43. The fraction of sp³-hybridized carbons (Fsp3) is 0.571. The van der Waals surface area contributed by atoms with Gasteiger partial charge in [-0.1, -0.05) is 37.8 Å². The SMILES string of the molecule is N#CC1(NC(=O)COC(=O)c2ccccc2S(=O)(=O)N2CCCCC2)CCCCC1. The Hall–Kier alpha value is -2.44. The number of hydrogen-bond donors (Lipinski definition) is 1. The van der Waals surface area contributed by atoms with Crippen molar-refractivity contribution in [2.75, 3.05) is 19.7 Å². The molecule has 0 bridgehead atoms. The smallest absolute Gasteiger partial charge is 0.340 e. The molecule has 1 saturated carbocycles. The molecule has 162 valence electrons. The molecule has 30 heavy (non-hydrogen) atoms. The summed E-state index contributed by atoms with van der Waals surface area (Å²) in [5.41, 5.74) is -1.01. The monoisotopic (exact) mass is 433 g/mol. The number of nitrogens with zero attached hydrogens (tertiary/aromatic N) is 2. The third-order valence-electron chi connectivity index (χ3n) is 5.67. The summed E-state index contributed by atoms with van der Waals surface area (Å²) < 4.78 is 32.5. The molecule has 2 fully saturated rings. The molecule has 1 aromatic rings. The van der Waals surface area contributed by atoms with E-state index in [0.717, 1.165) is 38.5 Å². The first-order valence-electron chi connectivity index (χ1n) is 10.4. The highest BCUT2D eigenvalue weighted by Crippen LogP contribution is 2.27. The van der Waals surface area contributed by atoms with Crippen molar-refractivity contribution in [1.82, 2.24) is 9.62 Å². The predicted octanol–water partition coefficient (Wildman–Crippen LogP) is 2.36. The minimum Gasteiger partial charge on any atom is -0.452 e. The second kappa shape index (κ2) is 9.58. The van der Waals surface area contributed by atoms with Crippen LogP contribution >= 0.6 is 0 Å². The summed E-state index contributed by atoms with van der Waals surface area (Å²) in [6.45, 7) is 0.273. The zero-order chi connectivity index (χ0) is 21.6. The second-order valence-electron chi connectivity index (χ2n) is 7.84. The van der Waals surface area contributed by atoms with Gasteiger partial charge in [-0.05, 0) is 37.8 Å². The van der Waals surface area contributed by atoms with E-state index in [2.05, 4.69) is 11.4 Å². The van der Waals surface area contributed by atoms with Gasteiger partial charge in [0.05, 0.1) is 16.5 Å². The van der Waals surface area contributed by atoms with Crippen LogP contribution in [0.2, 0.25) is 0 Å². The van der Waals surface area contributed by atoms with Gasteiger partial charge in [-0.2, -0.15) is 9.57 Å². The van der Waals surface area contributed by atoms with Crippen LogP contribution in [0.25, 0.3) is 0 Å². The van der Waals surface area contributed by atoms with Gasteiger partial charge in [-0.3, -0.25) is 4.79 Å². The van der Waals surface area contributed by atoms with Crippen molar-refractivity contribution in [1.29, 1.82) is 5.26 Å². The second-order valence-corrected chi connectivity index (χ2v) is 9.75. The highest BCUT2D eigenvalue weighted by Gasteiger charge is 2.34. The summed E-state index contributed by atoms with van der Waals surface area (Å²) in [5, 5.41) is 12.1. The Bertz CT molecular complexity index is 926. The third-order valence-corrected chi connectivity index (χ3v) is 7.63. The van der Waals surface area contributed by atoms with E-state index in [0.29, 0.717) is 25.9 Å². The Kier molecular flexibility index (Phi) is 7.10. The summed E-state index contributed by atoms with van der Waals surface area (Å²) >= 11 is 0. The molecule has 1 aliphatic heterocycles. The maximum Gasteiger partial charge on any atom is 0.340 e. The quantitative estimate of drug-likeness (QED) is 0.689. The van der Waals surface area contributed by atoms with Crippen molar-refractivity contribution in [2.45, 2.75) is 61.8 Å². The molecular weight excluding hydrogens is 406 g/mol. The van der Waals surface area contributed by atoms with Crippen LogP contribution in [0.1, 0.15) is 61.7 Å². The van der Waals surface area contributed by atoms with Gasteiger partial charge in [0.15, 0.2) is 6.61 Å². The van der Waals surface area contributed by atoms with Gasteiger partial charge in [0.1, 0.15) is 5.54 Å². The number of amides is 1. The van der Waals surface area contributed by atoms with Gasteiger partial charge < -0.3 is 10.1 Å². The first kappa shape index (κ1) is 22.2. The van der Waals surface area contributed by atoms with Gasteiger partial charge >= 0.3 is 5.97 Å². The van der Waals surface area contributed by atoms with Gasteiger partial charge in [0.2, 0.25) is 10.0 Å². The van der Waals surface area contributed by atoms with Crippen LogP contribution in [0, 0.1) is 11.3 Å². The fourth-order valence-electron chi connectivity index (χ4n) is 4.04. The molecule has 9 heteroatoms. The number of nitrogens with one attached hydrogen (secondary N) is 1. The lowest BCUT2D eigenvalue weighted by Crippen LogP contribution is -2.50. The normalized spacial score (nSPS) is 19.4. The molecule has 3 rings (SSSR count). The van der Waals surface area contributed by atoms with Crippen LogP contribution in [0.3, 0.4) is 0 Å². The standard InChI is InChI=1S/C21H27N3O5S/c22-16-21(11-5-1-6-12-21)23-19(25)15-29-20(26)17-9-3-4-10-18(17)30(27,28)24-13-7-2-8-14-24/h3-4,9-10H,1-2,5-8,11-15H2,(H,23,25). The maximum absolute atomic E-state index is 13.0. The summed E-state index contributed by atoms with van der Waals surface area (Å²) in [7, 11) is -3.82. The number of ether oxygens (including phenoxy) is 1. The molecule has 1 amide bonds. The van der Waals surface area contributed by atoms with Gasteiger partial charge in [-0.25, -0.2) is 13.2 Å². The number of carbonyl (C=O) groups is 2. The molecular formula is C21H27N3O5S. The molecule has 0 unspecified atom stereocenters. The molecule has 1 aliphatic carbocycles. The van der Waals surface area contributed by atoms with Crippen LogP contribution in [0.4, 0.5) is 0 Å². The number of carbonyl (C=O) groups excluding carboxylic acids is 2. The molecule has 1 saturated heterocycles. The van der Waals surface area contributed by atoms with Crippen LogP contribution in [0.5, 0.6) is 0 Å². The van der Waals surface area contributed by atoms with Crippen molar-refractivity contribution in [3.8, 4) is 6.07 Å². The first-order chi connectivity index (χ1) is 14.4. The third kappa shape index (κ3) is 4.99. The molecule has 0 spiro atoms. The van der Waals surface area contributed by atoms with Gasteiger partial charge in [-0.15, -0.1) is 0 Å². The number of hydrogen-bond acceptors (Lipinski definition) is 6. The molecule has 0 aromatic heterocycles. The molecule has 0 atom stereocenters. The number of rotatable bonds is 6. The van der Waals surface area contributed by atoms with E-state index in [4.69, 9.17) is 4.74 Å². The van der Waals surface area contributed by atoms with E-state index in [9.17, 15) is 23.3 Å². The molecule has 1 N–H and O–H groups in total. The minimum absolute atomic E-state index is 0.0939. The van der Waals surface area contributed by atoms with Crippen LogP contribution in [-0.2, 0) is 19.6 Å². The maximum atomic E-state index is 13.0. The lowest BCUT2D eigenvalue weighted by molar-refractivity contribution is -0.125.